The van der Waals surface area contributed by atoms with Crippen LogP contribution in [0.5, 0.6) is 0 Å². The lowest BCUT2D eigenvalue weighted by Crippen LogP contribution is -2.09. The molecule has 1 heterocycles. The highest BCUT2D eigenvalue weighted by Gasteiger charge is 2.18. The highest BCUT2D eigenvalue weighted by atomic mass is 35.5. The summed E-state index contributed by atoms with van der Waals surface area (Å²) in [4.78, 5) is 4.31. The van der Waals surface area contributed by atoms with Crippen molar-refractivity contribution in [3.63, 3.8) is 0 Å². The van der Waals surface area contributed by atoms with Gasteiger partial charge in [0.2, 0.25) is 0 Å². The second-order valence-corrected chi connectivity index (χ2v) is 3.52. The van der Waals surface area contributed by atoms with Gasteiger partial charge in [0.15, 0.2) is 5.90 Å². The lowest BCUT2D eigenvalue weighted by Gasteiger charge is -2.06. The summed E-state index contributed by atoms with van der Waals surface area (Å²) in [6.07, 6.45) is 1.10. The molecule has 0 saturated carbocycles. The summed E-state index contributed by atoms with van der Waals surface area (Å²) >= 11 is 5.55. The Morgan fingerprint density at radius 3 is 2.91 bits per heavy atom. The van der Waals surface area contributed by atoms with E-state index in [-0.39, 0.29) is 0 Å². The maximum absolute atomic E-state index is 5.55. The van der Waals surface area contributed by atoms with E-state index in [4.69, 9.17) is 16.3 Å². The smallest absolute Gasteiger partial charge is 0.199 e. The molecule has 1 unspecified atom stereocenters. The SMILES string of the molecule is CC(C)CC1COC(CCl)=N1. The average molecular weight is 176 g/mol. The van der Waals surface area contributed by atoms with Gasteiger partial charge in [0.1, 0.15) is 6.61 Å². The summed E-state index contributed by atoms with van der Waals surface area (Å²) < 4.78 is 5.23. The van der Waals surface area contributed by atoms with Gasteiger partial charge in [-0.2, -0.15) is 0 Å². The number of hydrogen-bond donors (Lipinski definition) is 0. The Labute approximate surface area is 72.6 Å². The molecule has 0 radical (unpaired) electrons. The average Bonchev–Trinajstić information content (AvgIpc) is 2.34. The van der Waals surface area contributed by atoms with Gasteiger partial charge in [-0.1, -0.05) is 13.8 Å². The molecular formula is C8H14ClNO. The molecule has 0 bridgehead atoms. The third-order valence-corrected chi connectivity index (χ3v) is 1.86. The third kappa shape index (κ3) is 2.70. The maximum Gasteiger partial charge on any atom is 0.199 e. The minimum Gasteiger partial charge on any atom is -0.478 e. The van der Waals surface area contributed by atoms with Crippen LogP contribution in [-0.4, -0.2) is 24.4 Å². The summed E-state index contributed by atoms with van der Waals surface area (Å²) in [5, 5.41) is 0. The van der Waals surface area contributed by atoms with Gasteiger partial charge in [0.25, 0.3) is 0 Å². The number of rotatable bonds is 3. The van der Waals surface area contributed by atoms with Crippen LogP contribution in [0.25, 0.3) is 0 Å². The van der Waals surface area contributed by atoms with Crippen LogP contribution in [0.1, 0.15) is 20.3 Å². The lowest BCUT2D eigenvalue weighted by molar-refractivity contribution is 0.299. The van der Waals surface area contributed by atoms with Crippen LogP contribution in [0.2, 0.25) is 0 Å². The Morgan fingerprint density at radius 2 is 2.45 bits per heavy atom. The Hall–Kier alpha value is -0.240. The fourth-order valence-corrected chi connectivity index (χ4v) is 1.35. The molecule has 0 spiro atoms. The molecule has 0 fully saturated rings. The molecule has 0 saturated heterocycles. The number of aliphatic imine (C=N–C) groups is 1. The zero-order valence-corrected chi connectivity index (χ0v) is 7.77. The van der Waals surface area contributed by atoms with Gasteiger partial charge in [0, 0.05) is 0 Å². The van der Waals surface area contributed by atoms with Crippen molar-refractivity contribution in [3.8, 4) is 0 Å². The lowest BCUT2D eigenvalue weighted by atomic mass is 10.1. The molecule has 1 aliphatic heterocycles. The summed E-state index contributed by atoms with van der Waals surface area (Å²) in [6, 6.07) is 0.351. The molecule has 0 aromatic rings. The Bertz CT molecular complexity index is 156. The van der Waals surface area contributed by atoms with Crippen molar-refractivity contribution in [2.45, 2.75) is 26.3 Å². The molecule has 11 heavy (non-hydrogen) atoms. The zero-order valence-electron chi connectivity index (χ0n) is 7.01. The van der Waals surface area contributed by atoms with E-state index in [0.717, 1.165) is 13.0 Å². The second-order valence-electron chi connectivity index (χ2n) is 3.25. The van der Waals surface area contributed by atoms with Gasteiger partial charge in [-0.3, -0.25) is 0 Å². The van der Waals surface area contributed by atoms with Gasteiger partial charge in [0.05, 0.1) is 11.9 Å². The van der Waals surface area contributed by atoms with Crippen LogP contribution in [0, 0.1) is 5.92 Å². The summed E-state index contributed by atoms with van der Waals surface area (Å²) in [5.74, 6) is 1.80. The van der Waals surface area contributed by atoms with Crippen molar-refractivity contribution in [2.75, 3.05) is 12.5 Å². The number of halogens is 1. The molecule has 1 rings (SSSR count). The minimum absolute atomic E-state index is 0.351. The molecule has 0 aromatic heterocycles. The van der Waals surface area contributed by atoms with Crippen molar-refractivity contribution in [3.05, 3.63) is 0 Å². The van der Waals surface area contributed by atoms with Gasteiger partial charge >= 0.3 is 0 Å². The third-order valence-electron chi connectivity index (χ3n) is 1.63. The van der Waals surface area contributed by atoms with Crippen molar-refractivity contribution < 1.29 is 4.74 Å². The maximum atomic E-state index is 5.55. The van der Waals surface area contributed by atoms with Crippen molar-refractivity contribution in [1.29, 1.82) is 0 Å². The normalized spacial score (nSPS) is 23.6. The minimum atomic E-state index is 0.351. The molecule has 1 atom stereocenters. The molecule has 0 aliphatic carbocycles. The Kier molecular flexibility index (Phi) is 3.18. The highest BCUT2D eigenvalue weighted by molar-refractivity contribution is 6.27. The summed E-state index contributed by atoms with van der Waals surface area (Å²) in [6.45, 7) is 5.10. The number of hydrogen-bond acceptors (Lipinski definition) is 2. The quantitative estimate of drug-likeness (QED) is 0.602. The van der Waals surface area contributed by atoms with E-state index >= 15 is 0 Å². The molecule has 2 nitrogen and oxygen atoms in total. The van der Waals surface area contributed by atoms with Crippen molar-refractivity contribution in [1.82, 2.24) is 0 Å². The topological polar surface area (TPSA) is 21.6 Å². The number of alkyl halides is 1. The summed E-state index contributed by atoms with van der Waals surface area (Å²) in [5.41, 5.74) is 0. The van der Waals surface area contributed by atoms with Gasteiger partial charge in [-0.05, 0) is 12.3 Å². The van der Waals surface area contributed by atoms with Crippen LogP contribution >= 0.6 is 11.6 Å². The molecule has 3 heteroatoms. The van der Waals surface area contributed by atoms with E-state index in [1.54, 1.807) is 0 Å². The van der Waals surface area contributed by atoms with Gasteiger partial charge < -0.3 is 4.74 Å². The fraction of sp³-hybridized carbons (Fsp3) is 0.875. The van der Waals surface area contributed by atoms with E-state index in [2.05, 4.69) is 18.8 Å². The number of ether oxygens (including phenoxy) is 1. The number of nitrogens with zero attached hydrogens (tertiary/aromatic N) is 1. The zero-order chi connectivity index (χ0) is 8.27. The van der Waals surface area contributed by atoms with Gasteiger partial charge in [-0.15, -0.1) is 11.6 Å². The van der Waals surface area contributed by atoms with E-state index in [0.29, 0.717) is 23.7 Å². The van der Waals surface area contributed by atoms with E-state index in [9.17, 15) is 0 Å². The van der Waals surface area contributed by atoms with E-state index < -0.39 is 0 Å². The largest absolute Gasteiger partial charge is 0.478 e. The first-order valence-electron chi connectivity index (χ1n) is 3.97. The Morgan fingerprint density at radius 1 is 1.73 bits per heavy atom. The van der Waals surface area contributed by atoms with Gasteiger partial charge in [-0.25, -0.2) is 4.99 Å². The fourth-order valence-electron chi connectivity index (χ4n) is 1.21. The van der Waals surface area contributed by atoms with E-state index in [1.807, 2.05) is 0 Å². The predicted octanol–water partition coefficient (Wildman–Crippen LogP) is 2.07. The second kappa shape index (κ2) is 3.96. The van der Waals surface area contributed by atoms with E-state index in [1.165, 1.54) is 0 Å². The molecule has 0 amide bonds. The predicted molar refractivity (Wildman–Crippen MR) is 47.4 cm³/mol. The van der Waals surface area contributed by atoms with Crippen molar-refractivity contribution in [2.24, 2.45) is 10.9 Å². The molecule has 0 aromatic carbocycles. The van der Waals surface area contributed by atoms with Crippen molar-refractivity contribution >= 4 is 17.5 Å². The standard InChI is InChI=1S/C8H14ClNO/c1-6(2)3-7-5-11-8(4-9)10-7/h6-7H,3-5H2,1-2H3. The Balaban J connectivity index is 2.34. The first-order valence-corrected chi connectivity index (χ1v) is 4.51. The molecular weight excluding hydrogens is 162 g/mol. The van der Waals surface area contributed by atoms with Crippen LogP contribution in [0.4, 0.5) is 0 Å². The highest BCUT2D eigenvalue weighted by Crippen LogP contribution is 2.14. The first kappa shape index (κ1) is 8.85. The molecule has 64 valence electrons. The van der Waals surface area contributed by atoms with Crippen LogP contribution in [-0.2, 0) is 4.74 Å². The molecule has 1 aliphatic rings. The van der Waals surface area contributed by atoms with Crippen LogP contribution in [0.3, 0.4) is 0 Å². The summed E-state index contributed by atoms with van der Waals surface area (Å²) in [7, 11) is 0. The van der Waals surface area contributed by atoms with Crippen LogP contribution < -0.4 is 0 Å². The molecule has 0 N–H and O–H groups in total. The van der Waals surface area contributed by atoms with Crippen LogP contribution in [0.15, 0.2) is 4.99 Å². The first-order chi connectivity index (χ1) is 5.22. The monoisotopic (exact) mass is 175 g/mol.